The van der Waals surface area contributed by atoms with E-state index in [9.17, 15) is 9.59 Å². The summed E-state index contributed by atoms with van der Waals surface area (Å²) >= 11 is 7.96. The Bertz CT molecular complexity index is 1910. The summed E-state index contributed by atoms with van der Waals surface area (Å²) in [4.78, 5) is 34.7. The molecule has 0 atom stereocenters. The second-order valence-corrected chi connectivity index (χ2v) is 13.6. The predicted molar refractivity (Wildman–Crippen MR) is 184 cm³/mol. The van der Waals surface area contributed by atoms with Gasteiger partial charge in [0, 0.05) is 65.9 Å². The summed E-state index contributed by atoms with van der Waals surface area (Å²) in [6, 6.07) is 21.4. The van der Waals surface area contributed by atoms with Crippen molar-refractivity contribution < 1.29 is 9.59 Å². The minimum atomic E-state index is -0.161. The number of amides is 2. The van der Waals surface area contributed by atoms with Crippen LogP contribution < -0.4 is 5.32 Å². The van der Waals surface area contributed by atoms with E-state index >= 15 is 0 Å². The van der Waals surface area contributed by atoms with Gasteiger partial charge in [-0.1, -0.05) is 48.0 Å². The van der Waals surface area contributed by atoms with E-state index in [1.807, 2.05) is 47.4 Å². The Hall–Kier alpha value is -4.05. The van der Waals surface area contributed by atoms with E-state index in [1.54, 1.807) is 24.3 Å². The van der Waals surface area contributed by atoms with Crippen LogP contribution in [-0.2, 0) is 30.8 Å². The molecule has 236 valence electrons. The molecule has 0 bridgehead atoms. The van der Waals surface area contributed by atoms with Gasteiger partial charge in [-0.15, -0.1) is 11.3 Å². The molecule has 1 N–H and O–H groups in total. The summed E-state index contributed by atoms with van der Waals surface area (Å²) in [6.07, 6.45) is 4.48. The Morgan fingerprint density at radius 2 is 1.80 bits per heavy atom. The average molecular weight is 653 g/mol. The molecule has 2 aliphatic rings. The van der Waals surface area contributed by atoms with Crippen LogP contribution in [0, 0.1) is 0 Å². The number of likely N-dealkylation sites (tertiary alicyclic amines) is 1. The molecule has 10 heteroatoms. The average Bonchev–Trinajstić information content (AvgIpc) is 3.82. The van der Waals surface area contributed by atoms with Crippen molar-refractivity contribution in [3.63, 3.8) is 0 Å². The van der Waals surface area contributed by atoms with Crippen LogP contribution in [0.3, 0.4) is 0 Å². The van der Waals surface area contributed by atoms with Crippen molar-refractivity contribution in [3.05, 3.63) is 93.6 Å². The van der Waals surface area contributed by atoms with Crippen LogP contribution in [0.1, 0.15) is 52.8 Å². The van der Waals surface area contributed by atoms with Crippen LogP contribution in [0.15, 0.2) is 66.7 Å². The first kappa shape index (κ1) is 30.6. The molecule has 7 rings (SSSR count). The van der Waals surface area contributed by atoms with Gasteiger partial charge in [-0.25, -0.2) is 4.98 Å². The molecule has 46 heavy (non-hydrogen) atoms. The standard InChI is InChI=1S/C36H37ClN6O2S/c1-24(44)42-19-14-32-29(23-42)35(40-43(32)18-7-17-41-15-4-5-16-41)26-12-13-33-31(21-26)39-34(46-33)22-38-36(45)27-9-6-8-25(20-27)28-10-2-3-11-30(28)37/h2-3,6,8-13,20-21H,4-5,7,14-19,22-23H2,1H3,(H,38,45). The summed E-state index contributed by atoms with van der Waals surface area (Å²) in [5.41, 5.74) is 7.56. The van der Waals surface area contributed by atoms with Crippen molar-refractivity contribution in [2.45, 2.75) is 52.2 Å². The highest BCUT2D eigenvalue weighted by Crippen LogP contribution is 2.34. The summed E-state index contributed by atoms with van der Waals surface area (Å²) in [5, 5.41) is 9.65. The molecule has 3 aromatic carbocycles. The molecular formula is C36H37ClN6O2S. The number of rotatable bonds is 9. The number of thiazole rings is 1. The number of nitrogens with one attached hydrogen (secondary N) is 1. The number of halogens is 1. The van der Waals surface area contributed by atoms with E-state index in [1.165, 1.54) is 31.6 Å². The van der Waals surface area contributed by atoms with Gasteiger partial charge in [-0.2, -0.15) is 5.10 Å². The van der Waals surface area contributed by atoms with Gasteiger partial charge < -0.3 is 15.1 Å². The highest BCUT2D eigenvalue weighted by molar-refractivity contribution is 7.18. The van der Waals surface area contributed by atoms with Gasteiger partial charge in [0.15, 0.2) is 0 Å². The third kappa shape index (κ3) is 6.45. The fourth-order valence-corrected chi connectivity index (χ4v) is 7.74. The molecule has 0 spiro atoms. The number of hydrogen-bond acceptors (Lipinski definition) is 6. The van der Waals surface area contributed by atoms with Gasteiger partial charge in [0.1, 0.15) is 5.01 Å². The van der Waals surface area contributed by atoms with Crippen LogP contribution >= 0.6 is 22.9 Å². The minimum absolute atomic E-state index is 0.0932. The van der Waals surface area contributed by atoms with E-state index in [4.69, 9.17) is 21.7 Å². The van der Waals surface area contributed by atoms with E-state index < -0.39 is 0 Å². The molecule has 1 fully saturated rings. The molecule has 0 saturated carbocycles. The van der Waals surface area contributed by atoms with Crippen LogP contribution in [0.25, 0.3) is 32.6 Å². The van der Waals surface area contributed by atoms with Crippen LogP contribution in [0.4, 0.5) is 0 Å². The zero-order valence-electron chi connectivity index (χ0n) is 26.0. The molecule has 0 unspecified atom stereocenters. The van der Waals surface area contributed by atoms with Crippen LogP contribution in [-0.4, -0.2) is 62.6 Å². The van der Waals surface area contributed by atoms with Gasteiger partial charge in [-0.05, 0) is 74.8 Å². The predicted octanol–water partition coefficient (Wildman–Crippen LogP) is 6.80. The Morgan fingerprint density at radius 1 is 0.957 bits per heavy atom. The second kappa shape index (κ2) is 13.4. The largest absolute Gasteiger partial charge is 0.346 e. The van der Waals surface area contributed by atoms with Crippen molar-refractivity contribution in [1.82, 2.24) is 29.9 Å². The highest BCUT2D eigenvalue weighted by Gasteiger charge is 2.27. The maximum atomic E-state index is 13.1. The molecule has 2 aromatic heterocycles. The first-order valence-electron chi connectivity index (χ1n) is 16.0. The molecular weight excluding hydrogens is 616 g/mol. The fourth-order valence-electron chi connectivity index (χ4n) is 6.61. The monoisotopic (exact) mass is 652 g/mol. The second-order valence-electron chi connectivity index (χ2n) is 12.1. The lowest BCUT2D eigenvalue weighted by Crippen LogP contribution is -2.34. The number of hydrogen-bond donors (Lipinski definition) is 1. The summed E-state index contributed by atoms with van der Waals surface area (Å²) in [6.45, 7) is 7.66. The fraction of sp³-hybridized carbons (Fsp3) is 0.333. The molecule has 1 saturated heterocycles. The lowest BCUT2D eigenvalue weighted by molar-refractivity contribution is -0.129. The van der Waals surface area contributed by atoms with Crippen molar-refractivity contribution >= 4 is 45.0 Å². The van der Waals surface area contributed by atoms with E-state index in [0.29, 0.717) is 23.7 Å². The normalized spacial score (nSPS) is 15.0. The summed E-state index contributed by atoms with van der Waals surface area (Å²) < 4.78 is 3.24. The topological polar surface area (TPSA) is 83.4 Å². The van der Waals surface area contributed by atoms with Gasteiger partial charge in [0.05, 0.1) is 22.5 Å². The molecule has 0 radical (unpaired) electrons. The van der Waals surface area contributed by atoms with Gasteiger partial charge >= 0.3 is 0 Å². The summed E-state index contributed by atoms with van der Waals surface area (Å²) in [5.74, 6) is -0.0682. The first-order valence-corrected chi connectivity index (χ1v) is 17.2. The number of aryl methyl sites for hydroxylation is 1. The number of nitrogens with zero attached hydrogens (tertiary/aromatic N) is 5. The van der Waals surface area contributed by atoms with Crippen molar-refractivity contribution in [2.75, 3.05) is 26.2 Å². The Kier molecular flexibility index (Phi) is 8.88. The highest BCUT2D eigenvalue weighted by atomic mass is 35.5. The number of carbonyl (C=O) groups is 2. The number of fused-ring (bicyclic) bond motifs is 2. The third-order valence-electron chi connectivity index (χ3n) is 9.04. The van der Waals surface area contributed by atoms with E-state index in [0.717, 1.165) is 75.6 Å². The zero-order chi connectivity index (χ0) is 31.6. The van der Waals surface area contributed by atoms with Gasteiger partial charge in [0.25, 0.3) is 5.91 Å². The third-order valence-corrected chi connectivity index (χ3v) is 10.4. The number of aromatic nitrogens is 3. The minimum Gasteiger partial charge on any atom is -0.346 e. The van der Waals surface area contributed by atoms with Crippen LogP contribution in [0.5, 0.6) is 0 Å². The summed E-state index contributed by atoms with van der Waals surface area (Å²) in [7, 11) is 0. The van der Waals surface area contributed by atoms with Gasteiger partial charge in [-0.3, -0.25) is 14.3 Å². The quantitative estimate of drug-likeness (QED) is 0.189. The number of carbonyl (C=O) groups excluding carboxylic acids is 2. The maximum Gasteiger partial charge on any atom is 0.251 e. The Balaban J connectivity index is 1.08. The Labute approximate surface area is 278 Å². The lowest BCUT2D eigenvalue weighted by Gasteiger charge is -2.27. The lowest BCUT2D eigenvalue weighted by atomic mass is 10.0. The SMILES string of the molecule is CC(=O)N1CCc2c(c(-c3ccc4sc(CNC(=O)c5cccc(-c6ccccc6Cl)c5)nc4c3)nn2CCCN2CCCC2)C1. The molecule has 2 aliphatic heterocycles. The molecule has 0 aliphatic carbocycles. The maximum absolute atomic E-state index is 13.1. The van der Waals surface area contributed by atoms with Crippen molar-refractivity contribution in [3.8, 4) is 22.4 Å². The number of benzene rings is 3. The molecule has 8 nitrogen and oxygen atoms in total. The zero-order valence-corrected chi connectivity index (χ0v) is 27.5. The smallest absolute Gasteiger partial charge is 0.251 e. The molecule has 5 aromatic rings. The van der Waals surface area contributed by atoms with Crippen molar-refractivity contribution in [1.29, 1.82) is 0 Å². The Morgan fingerprint density at radius 3 is 2.63 bits per heavy atom. The van der Waals surface area contributed by atoms with E-state index in [2.05, 4.69) is 33.1 Å². The first-order chi connectivity index (χ1) is 22.4. The van der Waals surface area contributed by atoms with E-state index in [-0.39, 0.29) is 11.8 Å². The molecule has 2 amide bonds. The van der Waals surface area contributed by atoms with Crippen molar-refractivity contribution in [2.24, 2.45) is 0 Å². The van der Waals surface area contributed by atoms with Crippen LogP contribution in [0.2, 0.25) is 5.02 Å². The molecule has 4 heterocycles. The van der Waals surface area contributed by atoms with Gasteiger partial charge in [0.2, 0.25) is 5.91 Å².